The van der Waals surface area contributed by atoms with Crippen molar-refractivity contribution < 1.29 is 14.4 Å². The van der Waals surface area contributed by atoms with Gasteiger partial charge < -0.3 is 14.7 Å². The number of rotatable bonds is 2. The molecule has 2 aliphatic heterocycles. The van der Waals surface area contributed by atoms with Gasteiger partial charge in [-0.05, 0) is 44.0 Å². The molecule has 0 aliphatic carbocycles. The number of anilines is 1. The van der Waals surface area contributed by atoms with E-state index in [9.17, 15) is 14.4 Å². The molecule has 6 heteroatoms. The molecule has 3 amide bonds. The van der Waals surface area contributed by atoms with Crippen molar-refractivity contribution in [3.63, 3.8) is 0 Å². The Balaban J connectivity index is 1.81. The van der Waals surface area contributed by atoms with Crippen molar-refractivity contribution in [1.29, 1.82) is 0 Å². The minimum atomic E-state index is -0.622. The first-order valence-electron chi connectivity index (χ1n) is 9.27. The standard InChI is InChI=1S/C20H27N3O3/c1-5-17(24)22-9-6-10-23(12-11-22)18(25)14-7-8-16-15(13-14)20(2,3)19(26)21(16)4/h7-8,13H,5-6,9-12H2,1-4H3. The summed E-state index contributed by atoms with van der Waals surface area (Å²) in [6.45, 7) is 8.12. The van der Waals surface area contributed by atoms with Crippen molar-refractivity contribution in [2.24, 2.45) is 0 Å². The van der Waals surface area contributed by atoms with E-state index in [1.54, 1.807) is 18.0 Å². The molecule has 1 fully saturated rings. The van der Waals surface area contributed by atoms with Crippen LogP contribution in [0.1, 0.15) is 49.5 Å². The number of benzene rings is 1. The van der Waals surface area contributed by atoms with Gasteiger partial charge in [0, 0.05) is 50.9 Å². The lowest BCUT2D eigenvalue weighted by Crippen LogP contribution is -2.37. The van der Waals surface area contributed by atoms with E-state index in [1.807, 2.05) is 42.7 Å². The first-order valence-corrected chi connectivity index (χ1v) is 9.27. The molecule has 0 bridgehead atoms. The first-order chi connectivity index (χ1) is 12.3. The van der Waals surface area contributed by atoms with Gasteiger partial charge in [0.05, 0.1) is 5.41 Å². The van der Waals surface area contributed by atoms with Crippen molar-refractivity contribution in [1.82, 2.24) is 9.80 Å². The number of hydrogen-bond donors (Lipinski definition) is 0. The number of carbonyl (C=O) groups excluding carboxylic acids is 3. The van der Waals surface area contributed by atoms with E-state index < -0.39 is 5.41 Å². The van der Waals surface area contributed by atoms with Gasteiger partial charge in [-0.1, -0.05) is 6.92 Å². The molecule has 2 aliphatic rings. The fraction of sp³-hybridized carbons (Fsp3) is 0.550. The molecule has 3 rings (SSSR count). The van der Waals surface area contributed by atoms with Crippen LogP contribution < -0.4 is 4.90 Å². The summed E-state index contributed by atoms with van der Waals surface area (Å²) in [7, 11) is 1.77. The number of nitrogens with zero attached hydrogens (tertiary/aromatic N) is 3. The van der Waals surface area contributed by atoms with Crippen LogP contribution in [0.2, 0.25) is 0 Å². The second-order valence-electron chi connectivity index (χ2n) is 7.60. The molecule has 2 heterocycles. The molecule has 0 spiro atoms. The second-order valence-corrected chi connectivity index (χ2v) is 7.60. The molecular weight excluding hydrogens is 330 g/mol. The van der Waals surface area contributed by atoms with Crippen LogP contribution in [0.4, 0.5) is 5.69 Å². The third kappa shape index (κ3) is 2.97. The number of amides is 3. The molecular formula is C20H27N3O3. The summed E-state index contributed by atoms with van der Waals surface area (Å²) in [6.07, 6.45) is 1.28. The van der Waals surface area contributed by atoms with Gasteiger partial charge in [0.2, 0.25) is 11.8 Å². The molecule has 0 N–H and O–H groups in total. The fourth-order valence-corrected chi connectivity index (χ4v) is 3.88. The molecule has 1 saturated heterocycles. The predicted molar refractivity (Wildman–Crippen MR) is 100 cm³/mol. The summed E-state index contributed by atoms with van der Waals surface area (Å²) in [4.78, 5) is 42.7. The highest BCUT2D eigenvalue weighted by molar-refractivity contribution is 6.08. The van der Waals surface area contributed by atoms with E-state index in [2.05, 4.69) is 0 Å². The van der Waals surface area contributed by atoms with Gasteiger partial charge in [-0.25, -0.2) is 0 Å². The van der Waals surface area contributed by atoms with Crippen molar-refractivity contribution in [3.8, 4) is 0 Å². The zero-order valence-corrected chi connectivity index (χ0v) is 16.0. The van der Waals surface area contributed by atoms with Crippen LogP contribution in [0.15, 0.2) is 18.2 Å². The van der Waals surface area contributed by atoms with E-state index in [4.69, 9.17) is 0 Å². The summed E-state index contributed by atoms with van der Waals surface area (Å²) in [6, 6.07) is 5.52. The van der Waals surface area contributed by atoms with Crippen LogP contribution in [0.5, 0.6) is 0 Å². The maximum Gasteiger partial charge on any atom is 0.253 e. The normalized spacial score (nSPS) is 19.4. The maximum atomic E-state index is 13.0. The Kier molecular flexibility index (Phi) is 4.78. The van der Waals surface area contributed by atoms with Gasteiger partial charge in [-0.2, -0.15) is 0 Å². The van der Waals surface area contributed by atoms with E-state index in [-0.39, 0.29) is 17.7 Å². The average Bonchev–Trinajstić information content (AvgIpc) is 2.84. The third-order valence-corrected chi connectivity index (χ3v) is 5.56. The van der Waals surface area contributed by atoms with Crippen LogP contribution in [-0.4, -0.2) is 60.7 Å². The smallest absolute Gasteiger partial charge is 0.253 e. The Morgan fingerprint density at radius 1 is 1.08 bits per heavy atom. The van der Waals surface area contributed by atoms with Crippen molar-refractivity contribution in [2.75, 3.05) is 38.1 Å². The number of carbonyl (C=O) groups is 3. The molecule has 1 aromatic rings. The summed E-state index contributed by atoms with van der Waals surface area (Å²) >= 11 is 0. The Bertz CT molecular complexity index is 757. The van der Waals surface area contributed by atoms with Gasteiger partial charge in [-0.15, -0.1) is 0 Å². The number of likely N-dealkylation sites (N-methyl/N-ethyl adjacent to an activating group) is 1. The van der Waals surface area contributed by atoms with Gasteiger partial charge >= 0.3 is 0 Å². The molecule has 6 nitrogen and oxygen atoms in total. The van der Waals surface area contributed by atoms with Gasteiger partial charge in [0.25, 0.3) is 5.91 Å². The van der Waals surface area contributed by atoms with Crippen LogP contribution in [0, 0.1) is 0 Å². The van der Waals surface area contributed by atoms with Crippen molar-refractivity contribution >= 4 is 23.4 Å². The fourth-order valence-electron chi connectivity index (χ4n) is 3.88. The first kappa shape index (κ1) is 18.4. The predicted octanol–water partition coefficient (Wildman–Crippen LogP) is 2.03. The van der Waals surface area contributed by atoms with Crippen LogP contribution in [0.3, 0.4) is 0 Å². The van der Waals surface area contributed by atoms with Gasteiger partial charge in [-0.3, -0.25) is 14.4 Å². The monoisotopic (exact) mass is 357 g/mol. The number of hydrogen-bond acceptors (Lipinski definition) is 3. The Labute approximate surface area is 154 Å². The molecule has 0 unspecified atom stereocenters. The van der Waals surface area contributed by atoms with E-state index in [0.717, 1.165) is 17.7 Å². The van der Waals surface area contributed by atoms with E-state index in [1.165, 1.54) is 0 Å². The minimum Gasteiger partial charge on any atom is -0.341 e. The van der Waals surface area contributed by atoms with Gasteiger partial charge in [0.1, 0.15) is 0 Å². The zero-order chi connectivity index (χ0) is 19.1. The summed E-state index contributed by atoms with van der Waals surface area (Å²) in [5.74, 6) is 0.150. The minimum absolute atomic E-state index is 0.0311. The molecule has 0 saturated carbocycles. The Morgan fingerprint density at radius 3 is 2.42 bits per heavy atom. The Hall–Kier alpha value is -2.37. The average molecular weight is 357 g/mol. The topological polar surface area (TPSA) is 60.9 Å². The van der Waals surface area contributed by atoms with Crippen LogP contribution >= 0.6 is 0 Å². The zero-order valence-electron chi connectivity index (χ0n) is 16.0. The summed E-state index contributed by atoms with van der Waals surface area (Å²) in [5, 5.41) is 0. The molecule has 0 atom stereocenters. The van der Waals surface area contributed by atoms with Crippen LogP contribution in [-0.2, 0) is 15.0 Å². The number of fused-ring (bicyclic) bond motifs is 1. The van der Waals surface area contributed by atoms with Crippen LogP contribution in [0.25, 0.3) is 0 Å². The van der Waals surface area contributed by atoms with Crippen molar-refractivity contribution in [2.45, 2.75) is 39.0 Å². The highest BCUT2D eigenvalue weighted by Crippen LogP contribution is 2.41. The lowest BCUT2D eigenvalue weighted by molar-refractivity contribution is -0.130. The highest BCUT2D eigenvalue weighted by atomic mass is 16.2. The second kappa shape index (κ2) is 6.74. The molecule has 0 radical (unpaired) electrons. The Morgan fingerprint density at radius 2 is 1.73 bits per heavy atom. The molecule has 1 aromatic carbocycles. The maximum absolute atomic E-state index is 13.0. The largest absolute Gasteiger partial charge is 0.341 e. The highest BCUT2D eigenvalue weighted by Gasteiger charge is 2.42. The molecule has 140 valence electrons. The van der Waals surface area contributed by atoms with Gasteiger partial charge in [0.15, 0.2) is 0 Å². The quantitative estimate of drug-likeness (QED) is 0.814. The molecule has 26 heavy (non-hydrogen) atoms. The van der Waals surface area contributed by atoms with E-state index in [0.29, 0.717) is 38.2 Å². The lowest BCUT2D eigenvalue weighted by atomic mass is 9.85. The van der Waals surface area contributed by atoms with Crippen molar-refractivity contribution in [3.05, 3.63) is 29.3 Å². The van der Waals surface area contributed by atoms with E-state index >= 15 is 0 Å². The molecule has 0 aromatic heterocycles. The lowest BCUT2D eigenvalue weighted by Gasteiger charge is -2.22. The summed E-state index contributed by atoms with van der Waals surface area (Å²) in [5.41, 5.74) is 1.75. The third-order valence-electron chi connectivity index (χ3n) is 5.56. The SMILES string of the molecule is CCC(=O)N1CCCN(C(=O)c2ccc3c(c2)C(C)(C)C(=O)N3C)CC1. The summed E-state index contributed by atoms with van der Waals surface area (Å²) < 4.78 is 0.